The first-order chi connectivity index (χ1) is 6.04. The average molecular weight is 251 g/mol. The number of ketones is 1. The third-order valence-corrected chi connectivity index (χ3v) is 2.28. The Balaban J connectivity index is 3.15. The number of rotatable bonds is 2. The monoisotopic (exact) mass is 250 g/mol. The molecule has 0 atom stereocenters. The summed E-state index contributed by atoms with van der Waals surface area (Å²) in [6.07, 6.45) is -3.06. The maximum absolute atomic E-state index is 12.0. The molecule has 0 bridgehead atoms. The fraction of sp³-hybridized carbons (Fsp3) is 0.125. The van der Waals surface area contributed by atoms with Crippen molar-refractivity contribution in [3.63, 3.8) is 0 Å². The highest BCUT2D eigenvalue weighted by Gasteiger charge is 2.21. The van der Waals surface area contributed by atoms with Crippen molar-refractivity contribution in [2.75, 3.05) is 0 Å². The lowest BCUT2D eigenvalue weighted by atomic mass is 10.1. The van der Waals surface area contributed by atoms with Gasteiger partial charge in [-0.15, -0.1) is 0 Å². The third-order valence-electron chi connectivity index (χ3n) is 1.44. The Morgan fingerprint density at radius 3 is 2.62 bits per heavy atom. The van der Waals surface area contributed by atoms with Gasteiger partial charge in [0, 0.05) is 5.56 Å². The number of hydrogen-bond donors (Lipinski definition) is 1. The van der Waals surface area contributed by atoms with Crippen LogP contribution in [0.15, 0.2) is 22.7 Å². The van der Waals surface area contributed by atoms with Gasteiger partial charge in [-0.25, -0.2) is 8.78 Å². The topological polar surface area (TPSA) is 37.3 Å². The van der Waals surface area contributed by atoms with Gasteiger partial charge in [0.15, 0.2) is 0 Å². The Bertz CT molecular complexity index is 339. The molecule has 0 fully saturated rings. The van der Waals surface area contributed by atoms with Gasteiger partial charge in [-0.1, -0.05) is 6.07 Å². The van der Waals surface area contributed by atoms with Crippen LogP contribution < -0.4 is 0 Å². The van der Waals surface area contributed by atoms with Crippen LogP contribution in [0.1, 0.15) is 10.4 Å². The van der Waals surface area contributed by atoms with E-state index in [1.165, 1.54) is 18.2 Å². The van der Waals surface area contributed by atoms with Gasteiger partial charge in [0.2, 0.25) is 5.78 Å². The molecule has 0 aliphatic carbocycles. The minimum Gasteiger partial charge on any atom is -0.507 e. The quantitative estimate of drug-likeness (QED) is 0.820. The van der Waals surface area contributed by atoms with Crippen molar-refractivity contribution in [3.8, 4) is 5.75 Å². The molecule has 70 valence electrons. The predicted octanol–water partition coefficient (Wildman–Crippen LogP) is 2.60. The molecule has 1 aromatic rings. The van der Waals surface area contributed by atoms with Crippen LogP contribution >= 0.6 is 15.9 Å². The Labute approximate surface area is 81.3 Å². The molecule has 0 saturated heterocycles. The van der Waals surface area contributed by atoms with Gasteiger partial charge < -0.3 is 5.11 Å². The number of phenolic OH excluding ortho intramolecular Hbond substituents is 1. The molecule has 1 rings (SSSR count). The van der Waals surface area contributed by atoms with E-state index in [4.69, 9.17) is 5.11 Å². The summed E-state index contributed by atoms with van der Waals surface area (Å²) in [5.41, 5.74) is -0.213. The predicted molar refractivity (Wildman–Crippen MR) is 46.1 cm³/mol. The van der Waals surface area contributed by atoms with Crippen LogP contribution in [0.2, 0.25) is 0 Å². The van der Waals surface area contributed by atoms with Gasteiger partial charge in [-0.05, 0) is 28.1 Å². The van der Waals surface area contributed by atoms with E-state index in [2.05, 4.69) is 15.9 Å². The number of alkyl halides is 2. The number of aromatic hydroxyl groups is 1. The SMILES string of the molecule is O=C(c1cccc(O)c1Br)C(F)F. The lowest BCUT2D eigenvalue weighted by molar-refractivity contribution is 0.0677. The number of hydrogen-bond acceptors (Lipinski definition) is 2. The smallest absolute Gasteiger partial charge is 0.300 e. The molecular formula is C8H5BrF2O2. The highest BCUT2D eigenvalue weighted by Crippen LogP contribution is 2.28. The van der Waals surface area contributed by atoms with E-state index < -0.39 is 12.2 Å². The lowest BCUT2D eigenvalue weighted by Gasteiger charge is -2.03. The van der Waals surface area contributed by atoms with E-state index in [1.807, 2.05) is 0 Å². The summed E-state index contributed by atoms with van der Waals surface area (Å²) < 4.78 is 23.9. The standard InChI is InChI=1S/C8H5BrF2O2/c9-6-4(7(13)8(10)11)2-1-3-5(6)12/h1-3,8,12H. The first kappa shape index (κ1) is 10.1. The van der Waals surface area contributed by atoms with Gasteiger partial charge in [0.05, 0.1) is 4.47 Å². The fourth-order valence-corrected chi connectivity index (χ4v) is 1.29. The summed E-state index contributed by atoms with van der Waals surface area (Å²) in [5, 5.41) is 9.09. The minimum atomic E-state index is -3.06. The summed E-state index contributed by atoms with van der Waals surface area (Å²) in [5.74, 6) is -1.53. The largest absolute Gasteiger partial charge is 0.507 e. The van der Waals surface area contributed by atoms with Crippen molar-refractivity contribution in [1.29, 1.82) is 0 Å². The number of halogens is 3. The third kappa shape index (κ3) is 2.03. The molecule has 0 amide bonds. The summed E-state index contributed by atoms with van der Waals surface area (Å²) in [4.78, 5) is 10.8. The Morgan fingerprint density at radius 1 is 1.46 bits per heavy atom. The molecule has 0 radical (unpaired) electrons. The summed E-state index contributed by atoms with van der Waals surface area (Å²) in [6.45, 7) is 0. The molecule has 1 aromatic carbocycles. The zero-order chi connectivity index (χ0) is 10.0. The van der Waals surface area contributed by atoms with E-state index in [-0.39, 0.29) is 15.8 Å². The number of carbonyl (C=O) groups is 1. The van der Waals surface area contributed by atoms with Gasteiger partial charge in [0.1, 0.15) is 5.75 Å². The number of Topliss-reactive ketones (excluding diaryl/α,β-unsaturated/α-hetero) is 1. The van der Waals surface area contributed by atoms with Crippen molar-refractivity contribution >= 4 is 21.7 Å². The molecule has 0 unspecified atom stereocenters. The highest BCUT2D eigenvalue weighted by atomic mass is 79.9. The molecule has 0 heterocycles. The van der Waals surface area contributed by atoms with E-state index in [9.17, 15) is 13.6 Å². The van der Waals surface area contributed by atoms with Crippen LogP contribution in [0.4, 0.5) is 8.78 Å². The van der Waals surface area contributed by atoms with Gasteiger partial charge in [-0.3, -0.25) is 4.79 Å². The van der Waals surface area contributed by atoms with Crippen molar-refractivity contribution in [2.45, 2.75) is 6.43 Å². The Kier molecular flexibility index (Phi) is 2.98. The molecule has 0 aromatic heterocycles. The summed E-state index contributed by atoms with van der Waals surface area (Å²) >= 11 is 2.84. The normalized spacial score (nSPS) is 10.5. The second-order valence-electron chi connectivity index (χ2n) is 2.30. The van der Waals surface area contributed by atoms with Crippen molar-refractivity contribution in [2.24, 2.45) is 0 Å². The first-order valence-electron chi connectivity index (χ1n) is 3.34. The van der Waals surface area contributed by atoms with Crippen molar-refractivity contribution in [1.82, 2.24) is 0 Å². The zero-order valence-electron chi connectivity index (χ0n) is 6.30. The van der Waals surface area contributed by atoms with E-state index in [1.54, 1.807) is 0 Å². The van der Waals surface area contributed by atoms with Crippen molar-refractivity contribution < 1.29 is 18.7 Å². The molecule has 0 aliphatic heterocycles. The highest BCUT2D eigenvalue weighted by molar-refractivity contribution is 9.10. The molecule has 0 aliphatic rings. The second kappa shape index (κ2) is 3.83. The number of carbonyl (C=O) groups excluding carboxylic acids is 1. The Hall–Kier alpha value is -0.970. The van der Waals surface area contributed by atoms with Crippen LogP contribution in [-0.4, -0.2) is 17.3 Å². The first-order valence-corrected chi connectivity index (χ1v) is 4.13. The molecular weight excluding hydrogens is 246 g/mol. The summed E-state index contributed by atoms with van der Waals surface area (Å²) in [6, 6.07) is 3.85. The van der Waals surface area contributed by atoms with Gasteiger partial charge in [0.25, 0.3) is 0 Å². The van der Waals surface area contributed by atoms with E-state index in [0.717, 1.165) is 0 Å². The molecule has 2 nitrogen and oxygen atoms in total. The van der Waals surface area contributed by atoms with Gasteiger partial charge >= 0.3 is 6.43 Å². The van der Waals surface area contributed by atoms with Crippen molar-refractivity contribution in [3.05, 3.63) is 28.2 Å². The van der Waals surface area contributed by atoms with Crippen LogP contribution in [0.5, 0.6) is 5.75 Å². The minimum absolute atomic E-state index is 0.000278. The molecule has 0 saturated carbocycles. The average Bonchev–Trinajstić information content (AvgIpc) is 2.08. The maximum Gasteiger partial charge on any atom is 0.300 e. The Morgan fingerprint density at radius 2 is 2.08 bits per heavy atom. The molecule has 1 N–H and O–H groups in total. The summed E-state index contributed by atoms with van der Waals surface area (Å²) in [7, 11) is 0. The zero-order valence-corrected chi connectivity index (χ0v) is 7.88. The maximum atomic E-state index is 12.0. The van der Waals surface area contributed by atoms with Crippen LogP contribution in [0.3, 0.4) is 0 Å². The van der Waals surface area contributed by atoms with Crippen LogP contribution in [0.25, 0.3) is 0 Å². The second-order valence-corrected chi connectivity index (χ2v) is 3.10. The van der Waals surface area contributed by atoms with Crippen LogP contribution in [-0.2, 0) is 0 Å². The number of phenols is 1. The molecule has 13 heavy (non-hydrogen) atoms. The van der Waals surface area contributed by atoms with Gasteiger partial charge in [-0.2, -0.15) is 0 Å². The van der Waals surface area contributed by atoms with Crippen LogP contribution in [0, 0.1) is 0 Å². The van der Waals surface area contributed by atoms with E-state index in [0.29, 0.717) is 0 Å². The molecule has 5 heteroatoms. The lowest BCUT2D eigenvalue weighted by Crippen LogP contribution is -2.10. The molecule has 0 spiro atoms. The number of benzene rings is 1. The van der Waals surface area contributed by atoms with E-state index >= 15 is 0 Å². The fourth-order valence-electron chi connectivity index (χ4n) is 0.828.